The molecule has 6 rings (SSSR count). The van der Waals surface area contributed by atoms with Crippen molar-refractivity contribution in [3.05, 3.63) is 47.9 Å². The Kier molecular flexibility index (Phi) is 9.29. The molecule has 1 aliphatic carbocycles. The van der Waals surface area contributed by atoms with Crippen molar-refractivity contribution in [3.63, 3.8) is 0 Å². The molecule has 3 N–H and O–H groups in total. The average Bonchev–Trinajstić information content (AvgIpc) is 3.53. The van der Waals surface area contributed by atoms with E-state index in [2.05, 4.69) is 37.4 Å². The number of aromatic nitrogens is 4. The summed E-state index contributed by atoms with van der Waals surface area (Å²) < 4.78 is 20.5. The second-order valence-corrected chi connectivity index (χ2v) is 12.6. The van der Waals surface area contributed by atoms with Gasteiger partial charge >= 0.3 is 0 Å². The fourth-order valence-corrected chi connectivity index (χ4v) is 6.76. The van der Waals surface area contributed by atoms with Gasteiger partial charge < -0.3 is 30.2 Å². The lowest BCUT2D eigenvalue weighted by Gasteiger charge is -2.39. The molecule has 4 heterocycles. The van der Waals surface area contributed by atoms with Crippen molar-refractivity contribution in [2.24, 2.45) is 5.92 Å². The summed E-state index contributed by atoms with van der Waals surface area (Å²) in [6.07, 6.45) is 9.04. The number of benzene rings is 1. The largest absolute Gasteiger partial charge is 0.377 e. The zero-order valence-corrected chi connectivity index (χ0v) is 26.3. The van der Waals surface area contributed by atoms with Gasteiger partial charge in [-0.05, 0) is 58.6 Å². The van der Waals surface area contributed by atoms with Crippen LogP contribution in [0.2, 0.25) is 0 Å². The third-order valence-corrected chi connectivity index (χ3v) is 9.28. The lowest BCUT2D eigenvalue weighted by molar-refractivity contribution is -0.126. The molecule has 1 aromatic carbocycles. The number of nitrogens with one attached hydrogen (secondary N) is 3. The number of imidazole rings is 1. The number of para-hydroxylation sites is 1. The van der Waals surface area contributed by atoms with E-state index in [1.807, 2.05) is 24.8 Å². The number of rotatable bonds is 7. The number of amides is 2. The Balaban J connectivity index is 1.18. The maximum Gasteiger partial charge on any atom is 0.291 e. The molecule has 0 spiro atoms. The minimum Gasteiger partial charge on any atom is -0.377 e. The van der Waals surface area contributed by atoms with E-state index in [9.17, 15) is 9.59 Å². The van der Waals surface area contributed by atoms with Crippen molar-refractivity contribution in [2.75, 3.05) is 41.4 Å². The van der Waals surface area contributed by atoms with Gasteiger partial charge in [0.05, 0.1) is 48.1 Å². The van der Waals surface area contributed by atoms with Crippen LogP contribution in [0.4, 0.5) is 21.6 Å². The van der Waals surface area contributed by atoms with Gasteiger partial charge in [0.2, 0.25) is 5.91 Å². The number of morpholine rings is 1. The SMILES string of the molecule is Cc1nc(-c2cnc(C(=O)Nc3cccc(F)c3N3CCOC[C@H]3C)[nH]2)cc(N2CC(C(=O)NC3CCCCC3)CCC2C)n1. The molecule has 11 nitrogen and oxygen atoms in total. The number of hydrogen-bond donors (Lipinski definition) is 3. The smallest absolute Gasteiger partial charge is 0.291 e. The van der Waals surface area contributed by atoms with Gasteiger partial charge in [0, 0.05) is 37.3 Å². The highest BCUT2D eigenvalue weighted by molar-refractivity contribution is 6.04. The summed E-state index contributed by atoms with van der Waals surface area (Å²) in [5.41, 5.74) is 1.86. The third-order valence-electron chi connectivity index (χ3n) is 9.28. The number of hydrogen-bond acceptors (Lipinski definition) is 8. The van der Waals surface area contributed by atoms with E-state index in [1.54, 1.807) is 18.3 Å². The number of anilines is 3. The zero-order chi connectivity index (χ0) is 31.5. The molecule has 3 aromatic rings. The quantitative estimate of drug-likeness (QED) is 0.343. The van der Waals surface area contributed by atoms with E-state index >= 15 is 4.39 Å². The molecule has 1 saturated carbocycles. The number of nitrogens with zero attached hydrogens (tertiary/aromatic N) is 5. The van der Waals surface area contributed by atoms with E-state index in [1.165, 1.54) is 25.3 Å². The van der Waals surface area contributed by atoms with Crippen LogP contribution >= 0.6 is 0 Å². The number of aryl methyl sites for hydroxylation is 1. The van der Waals surface area contributed by atoms with Gasteiger partial charge in [0.1, 0.15) is 17.5 Å². The van der Waals surface area contributed by atoms with E-state index in [0.29, 0.717) is 54.9 Å². The first-order valence-electron chi connectivity index (χ1n) is 16.2. The lowest BCUT2D eigenvalue weighted by Crippen LogP contribution is -2.49. The van der Waals surface area contributed by atoms with Gasteiger partial charge in [-0.1, -0.05) is 25.3 Å². The molecule has 2 aliphatic heterocycles. The van der Waals surface area contributed by atoms with Crippen LogP contribution in [0.1, 0.15) is 75.2 Å². The molecular formula is C33H43FN8O3. The van der Waals surface area contributed by atoms with Gasteiger partial charge in [-0.25, -0.2) is 19.3 Å². The van der Waals surface area contributed by atoms with Crippen molar-refractivity contribution in [1.82, 2.24) is 25.3 Å². The van der Waals surface area contributed by atoms with Crippen molar-refractivity contribution in [3.8, 4) is 11.4 Å². The number of H-pyrrole nitrogens is 1. The molecule has 240 valence electrons. The summed E-state index contributed by atoms with van der Waals surface area (Å²) in [6, 6.07) is 6.99. The van der Waals surface area contributed by atoms with Gasteiger partial charge in [-0.15, -0.1) is 0 Å². The number of carbonyl (C=O) groups is 2. The van der Waals surface area contributed by atoms with Crippen LogP contribution in [-0.2, 0) is 9.53 Å². The molecule has 0 radical (unpaired) electrons. The van der Waals surface area contributed by atoms with Crippen LogP contribution in [0.15, 0.2) is 30.5 Å². The predicted octanol–water partition coefficient (Wildman–Crippen LogP) is 4.85. The molecule has 2 aromatic heterocycles. The van der Waals surface area contributed by atoms with E-state index in [0.717, 1.165) is 31.5 Å². The first-order valence-corrected chi connectivity index (χ1v) is 16.2. The second kappa shape index (κ2) is 13.5. The van der Waals surface area contributed by atoms with Crippen LogP contribution in [-0.4, -0.2) is 76.2 Å². The van der Waals surface area contributed by atoms with Crippen LogP contribution in [0.25, 0.3) is 11.4 Å². The molecule has 2 saturated heterocycles. The molecule has 3 atom stereocenters. The summed E-state index contributed by atoms with van der Waals surface area (Å²) in [6.45, 7) is 8.02. The summed E-state index contributed by atoms with van der Waals surface area (Å²) in [5.74, 6) is 0.538. The standard InChI is InChI=1S/C33H43FN8O3/c1-20-12-13-23(32(43)38-24-8-5-4-6-9-24)18-42(20)29-16-27(36-22(3)37-29)28-17-35-31(39-28)33(44)40-26-11-7-10-25(34)30(26)41-14-15-45-19-21(41)2/h7,10-11,16-17,20-21,23-24H,4-6,8-9,12-15,18-19H2,1-3H3,(H,35,39)(H,38,43)(H,40,44)/t20?,21-,23?/m1/s1. The number of ether oxygens (including phenoxy) is 1. The fraction of sp³-hybridized carbons (Fsp3) is 0.545. The van der Waals surface area contributed by atoms with Crippen molar-refractivity contribution >= 4 is 29.0 Å². The summed E-state index contributed by atoms with van der Waals surface area (Å²) in [7, 11) is 0. The van der Waals surface area contributed by atoms with Crippen LogP contribution in [0.3, 0.4) is 0 Å². The number of piperidine rings is 1. The van der Waals surface area contributed by atoms with Gasteiger partial charge in [-0.3, -0.25) is 9.59 Å². The molecule has 2 unspecified atom stereocenters. The highest BCUT2D eigenvalue weighted by Gasteiger charge is 2.32. The minimum atomic E-state index is -0.489. The molecule has 0 bridgehead atoms. The average molecular weight is 619 g/mol. The van der Waals surface area contributed by atoms with Crippen LogP contribution in [0, 0.1) is 18.7 Å². The van der Waals surface area contributed by atoms with Crippen molar-refractivity contribution in [1.29, 1.82) is 0 Å². The molecule has 12 heteroatoms. The lowest BCUT2D eigenvalue weighted by atomic mass is 9.91. The maximum absolute atomic E-state index is 15.0. The van der Waals surface area contributed by atoms with Gasteiger partial charge in [0.25, 0.3) is 5.91 Å². The predicted molar refractivity (Wildman–Crippen MR) is 171 cm³/mol. The third kappa shape index (κ3) is 6.95. The molecule has 45 heavy (non-hydrogen) atoms. The van der Waals surface area contributed by atoms with Crippen LogP contribution in [0.5, 0.6) is 0 Å². The Labute approximate surface area is 263 Å². The molecule has 3 aliphatic rings. The highest BCUT2D eigenvalue weighted by atomic mass is 19.1. The Hall–Kier alpha value is -4.06. The van der Waals surface area contributed by atoms with E-state index in [4.69, 9.17) is 9.72 Å². The normalized spacial score (nSPS) is 22.7. The fourth-order valence-electron chi connectivity index (χ4n) is 6.76. The number of halogens is 1. The van der Waals surface area contributed by atoms with Crippen LogP contribution < -0.4 is 20.4 Å². The summed E-state index contributed by atoms with van der Waals surface area (Å²) in [5, 5.41) is 6.14. The first kappa shape index (κ1) is 30.9. The topological polar surface area (TPSA) is 128 Å². The molecule has 3 fully saturated rings. The number of aromatic amines is 1. The second-order valence-electron chi connectivity index (χ2n) is 12.6. The van der Waals surface area contributed by atoms with E-state index in [-0.39, 0.29) is 35.8 Å². The Morgan fingerprint density at radius 2 is 1.87 bits per heavy atom. The highest BCUT2D eigenvalue weighted by Crippen LogP contribution is 2.33. The minimum absolute atomic E-state index is 0.0408. The zero-order valence-electron chi connectivity index (χ0n) is 26.3. The Bertz CT molecular complexity index is 1520. The molecular weight excluding hydrogens is 575 g/mol. The van der Waals surface area contributed by atoms with Gasteiger partial charge in [-0.2, -0.15) is 0 Å². The Morgan fingerprint density at radius 1 is 1.04 bits per heavy atom. The maximum atomic E-state index is 15.0. The summed E-state index contributed by atoms with van der Waals surface area (Å²) >= 11 is 0. The van der Waals surface area contributed by atoms with E-state index < -0.39 is 11.7 Å². The number of carbonyl (C=O) groups excluding carboxylic acids is 2. The Morgan fingerprint density at radius 3 is 2.67 bits per heavy atom. The van der Waals surface area contributed by atoms with Gasteiger partial charge in [0.15, 0.2) is 5.82 Å². The monoisotopic (exact) mass is 618 g/mol. The first-order chi connectivity index (χ1) is 21.8. The van der Waals surface area contributed by atoms with Crippen molar-refractivity contribution in [2.45, 2.75) is 83.8 Å². The molecule has 2 amide bonds. The van der Waals surface area contributed by atoms with Crippen molar-refractivity contribution < 1.29 is 18.7 Å². The summed E-state index contributed by atoms with van der Waals surface area (Å²) in [4.78, 5) is 47.4.